The predicted octanol–water partition coefficient (Wildman–Crippen LogP) is 1.95. The normalized spacial score (nSPS) is 22.0. The minimum atomic E-state index is -4.42. The molecule has 6 nitrogen and oxygen atoms in total. The van der Waals surface area contributed by atoms with E-state index in [1.807, 2.05) is 0 Å². The fraction of sp³-hybridized carbons (Fsp3) is 0.588. The number of halogens is 3. The highest BCUT2D eigenvalue weighted by atomic mass is 19.4. The average Bonchev–Trinajstić information content (AvgIpc) is 2.94. The van der Waals surface area contributed by atoms with Crippen molar-refractivity contribution in [3.05, 3.63) is 23.9 Å². The van der Waals surface area contributed by atoms with Crippen molar-refractivity contribution < 1.29 is 27.5 Å². The number of hydrogen-bond acceptors (Lipinski definition) is 4. The summed E-state index contributed by atoms with van der Waals surface area (Å²) in [4.78, 5) is 31.1. The lowest BCUT2D eigenvalue weighted by Crippen LogP contribution is -2.44. The molecule has 2 aliphatic heterocycles. The first-order chi connectivity index (χ1) is 12.2. The van der Waals surface area contributed by atoms with Gasteiger partial charge in [0.05, 0.1) is 11.5 Å². The van der Waals surface area contributed by atoms with Crippen LogP contribution < -0.4 is 4.74 Å². The van der Waals surface area contributed by atoms with E-state index in [9.17, 15) is 22.8 Å². The van der Waals surface area contributed by atoms with E-state index in [0.717, 1.165) is 12.3 Å². The summed E-state index contributed by atoms with van der Waals surface area (Å²) >= 11 is 0. The topological polar surface area (TPSA) is 62.7 Å². The fourth-order valence-corrected chi connectivity index (χ4v) is 3.27. The largest absolute Gasteiger partial charge is 0.474 e. The Labute approximate surface area is 148 Å². The average molecular weight is 371 g/mol. The van der Waals surface area contributed by atoms with Crippen molar-refractivity contribution in [1.82, 2.24) is 14.8 Å². The van der Waals surface area contributed by atoms with Crippen LogP contribution in [0.1, 0.15) is 24.8 Å². The number of carbonyl (C=O) groups is 2. The number of rotatable bonds is 3. The third kappa shape index (κ3) is 4.08. The van der Waals surface area contributed by atoms with Gasteiger partial charge in [-0.15, -0.1) is 0 Å². The number of amides is 2. The molecular weight excluding hydrogens is 351 g/mol. The number of ether oxygens (including phenoxy) is 1. The molecule has 2 aliphatic rings. The van der Waals surface area contributed by atoms with Crippen LogP contribution in [0, 0.1) is 5.92 Å². The van der Waals surface area contributed by atoms with E-state index in [4.69, 9.17) is 4.74 Å². The zero-order valence-electron chi connectivity index (χ0n) is 14.3. The maximum atomic E-state index is 12.5. The van der Waals surface area contributed by atoms with E-state index in [1.54, 1.807) is 16.8 Å². The second-order valence-corrected chi connectivity index (χ2v) is 6.70. The first-order valence-electron chi connectivity index (χ1n) is 8.46. The van der Waals surface area contributed by atoms with Crippen LogP contribution in [0.2, 0.25) is 0 Å². The number of piperidine rings is 1. The van der Waals surface area contributed by atoms with Crippen LogP contribution in [0.25, 0.3) is 0 Å². The fourth-order valence-electron chi connectivity index (χ4n) is 3.27. The van der Waals surface area contributed by atoms with Gasteiger partial charge in [-0.2, -0.15) is 13.2 Å². The number of alkyl halides is 3. The Balaban J connectivity index is 1.49. The summed E-state index contributed by atoms with van der Waals surface area (Å²) < 4.78 is 43.2. The van der Waals surface area contributed by atoms with E-state index < -0.39 is 11.7 Å². The predicted molar refractivity (Wildman–Crippen MR) is 85.2 cm³/mol. The zero-order valence-corrected chi connectivity index (χ0v) is 14.3. The Morgan fingerprint density at radius 1 is 1.27 bits per heavy atom. The highest BCUT2D eigenvalue weighted by molar-refractivity contribution is 5.89. The molecule has 0 saturated carbocycles. The molecule has 3 heterocycles. The molecule has 2 fully saturated rings. The summed E-state index contributed by atoms with van der Waals surface area (Å²) in [6.45, 7) is 1.45. The molecular formula is C17H20F3N3O3. The van der Waals surface area contributed by atoms with Crippen molar-refractivity contribution in [3.63, 3.8) is 0 Å². The van der Waals surface area contributed by atoms with E-state index in [0.29, 0.717) is 32.5 Å². The van der Waals surface area contributed by atoms with Crippen LogP contribution in [0.15, 0.2) is 18.3 Å². The molecule has 1 aromatic rings. The Kier molecular flexibility index (Phi) is 5.06. The van der Waals surface area contributed by atoms with E-state index >= 15 is 0 Å². The van der Waals surface area contributed by atoms with Crippen LogP contribution in [0.3, 0.4) is 0 Å². The molecule has 1 aromatic heterocycles. The second-order valence-electron chi connectivity index (χ2n) is 6.70. The first-order valence-corrected chi connectivity index (χ1v) is 8.46. The maximum Gasteiger partial charge on any atom is 0.417 e. The molecule has 142 valence electrons. The van der Waals surface area contributed by atoms with Crippen LogP contribution in [-0.2, 0) is 15.8 Å². The van der Waals surface area contributed by atoms with Gasteiger partial charge in [0.2, 0.25) is 17.7 Å². The minimum Gasteiger partial charge on any atom is -0.474 e. The van der Waals surface area contributed by atoms with Gasteiger partial charge in [-0.25, -0.2) is 4.98 Å². The molecule has 9 heteroatoms. The van der Waals surface area contributed by atoms with Gasteiger partial charge in [0.25, 0.3) is 0 Å². The van der Waals surface area contributed by atoms with Gasteiger partial charge in [0.15, 0.2) is 0 Å². The number of carbonyl (C=O) groups excluding carboxylic acids is 2. The molecule has 0 aliphatic carbocycles. The molecule has 26 heavy (non-hydrogen) atoms. The van der Waals surface area contributed by atoms with Crippen molar-refractivity contribution in [1.29, 1.82) is 0 Å². The number of nitrogens with zero attached hydrogens (tertiary/aromatic N) is 3. The van der Waals surface area contributed by atoms with E-state index in [2.05, 4.69) is 4.98 Å². The summed E-state index contributed by atoms with van der Waals surface area (Å²) in [6.07, 6.45) is -2.47. The monoisotopic (exact) mass is 371 g/mol. The number of hydrogen-bond donors (Lipinski definition) is 0. The van der Waals surface area contributed by atoms with E-state index in [1.165, 1.54) is 6.07 Å². The van der Waals surface area contributed by atoms with Crippen molar-refractivity contribution in [2.75, 3.05) is 26.7 Å². The second kappa shape index (κ2) is 7.13. The van der Waals surface area contributed by atoms with Crippen LogP contribution in [0.5, 0.6) is 5.88 Å². The number of pyridine rings is 1. The van der Waals surface area contributed by atoms with Crippen LogP contribution >= 0.6 is 0 Å². The number of likely N-dealkylation sites (tertiary alicyclic amines) is 2. The minimum absolute atomic E-state index is 0.0186. The van der Waals surface area contributed by atoms with Crippen molar-refractivity contribution in [3.8, 4) is 5.88 Å². The smallest absolute Gasteiger partial charge is 0.417 e. The highest BCUT2D eigenvalue weighted by Gasteiger charge is 2.36. The summed E-state index contributed by atoms with van der Waals surface area (Å²) in [5.74, 6) is -0.184. The first kappa shape index (κ1) is 18.5. The maximum absolute atomic E-state index is 12.5. The summed E-state index contributed by atoms with van der Waals surface area (Å²) in [6, 6.07) is 2.15. The number of aromatic nitrogens is 1. The lowest BCUT2D eigenvalue weighted by atomic mass is 10.0. The van der Waals surface area contributed by atoms with Crippen molar-refractivity contribution in [2.45, 2.75) is 31.5 Å². The van der Waals surface area contributed by atoms with Gasteiger partial charge in [-0.3, -0.25) is 9.59 Å². The van der Waals surface area contributed by atoms with Gasteiger partial charge in [0.1, 0.15) is 6.10 Å². The molecule has 0 radical (unpaired) electrons. The summed E-state index contributed by atoms with van der Waals surface area (Å²) in [5, 5.41) is 0. The Hall–Kier alpha value is -2.32. The standard InChI is InChI=1S/C17H20F3N3O3/c1-22-10-11(8-15(22)24)16(25)23-6-4-13(5-7-23)26-14-3-2-12(9-21-14)17(18,19)20/h2-3,9,11,13H,4-8,10H2,1H3/t11-/m1/s1. The van der Waals surface area contributed by atoms with Gasteiger partial charge in [-0.05, 0) is 6.07 Å². The molecule has 0 spiro atoms. The summed E-state index contributed by atoms with van der Waals surface area (Å²) in [7, 11) is 1.69. The van der Waals surface area contributed by atoms with Gasteiger partial charge in [-0.1, -0.05) is 0 Å². The quantitative estimate of drug-likeness (QED) is 0.815. The molecule has 0 unspecified atom stereocenters. The lowest BCUT2D eigenvalue weighted by Gasteiger charge is -2.33. The van der Waals surface area contributed by atoms with Crippen LogP contribution in [0.4, 0.5) is 13.2 Å². The van der Waals surface area contributed by atoms with Gasteiger partial charge >= 0.3 is 6.18 Å². The molecule has 3 rings (SSSR count). The van der Waals surface area contributed by atoms with Crippen LogP contribution in [-0.4, -0.2) is 59.4 Å². The molecule has 0 N–H and O–H groups in total. The molecule has 1 atom stereocenters. The van der Waals surface area contributed by atoms with Gasteiger partial charge in [0, 0.05) is 58.2 Å². The van der Waals surface area contributed by atoms with Crippen molar-refractivity contribution in [2.24, 2.45) is 5.92 Å². The van der Waals surface area contributed by atoms with Crippen molar-refractivity contribution >= 4 is 11.8 Å². The third-order valence-electron chi connectivity index (χ3n) is 4.80. The molecule has 2 amide bonds. The molecule has 0 aromatic carbocycles. The third-order valence-corrected chi connectivity index (χ3v) is 4.80. The van der Waals surface area contributed by atoms with Gasteiger partial charge < -0.3 is 14.5 Å². The molecule has 0 bridgehead atoms. The Morgan fingerprint density at radius 2 is 1.96 bits per heavy atom. The lowest BCUT2D eigenvalue weighted by molar-refractivity contribution is -0.138. The Morgan fingerprint density at radius 3 is 2.46 bits per heavy atom. The van der Waals surface area contributed by atoms with E-state index in [-0.39, 0.29) is 36.1 Å². The summed E-state index contributed by atoms with van der Waals surface area (Å²) in [5.41, 5.74) is -0.818. The molecule has 2 saturated heterocycles. The zero-order chi connectivity index (χ0) is 18.9. The Bertz CT molecular complexity index is 670. The SMILES string of the molecule is CN1C[C@H](C(=O)N2CCC(Oc3ccc(C(F)(F)F)cn3)CC2)CC1=O. The highest BCUT2D eigenvalue weighted by Crippen LogP contribution is 2.29.